The summed E-state index contributed by atoms with van der Waals surface area (Å²) in [5, 5.41) is 4.22. The largest absolute Gasteiger partial charge is 0.465 e. The van der Waals surface area contributed by atoms with E-state index in [4.69, 9.17) is 20.8 Å². The number of esters is 1. The minimum atomic E-state index is -0.525. The van der Waals surface area contributed by atoms with Gasteiger partial charge in [-0.3, -0.25) is 4.79 Å². The zero-order chi connectivity index (χ0) is 20.6. The summed E-state index contributed by atoms with van der Waals surface area (Å²) >= 11 is 6.03. The van der Waals surface area contributed by atoms with Crippen molar-refractivity contribution in [1.82, 2.24) is 5.43 Å². The van der Waals surface area contributed by atoms with Gasteiger partial charge in [0.25, 0.3) is 0 Å². The van der Waals surface area contributed by atoms with Crippen molar-refractivity contribution in [2.45, 2.75) is 12.8 Å². The highest BCUT2D eigenvalue weighted by atomic mass is 35.5. The van der Waals surface area contributed by atoms with E-state index in [0.29, 0.717) is 34.9 Å². The van der Waals surface area contributed by atoms with Crippen LogP contribution < -0.4 is 5.43 Å². The number of amides is 1. The third-order valence-electron chi connectivity index (χ3n) is 4.15. The fourth-order valence-electron chi connectivity index (χ4n) is 2.65. The van der Waals surface area contributed by atoms with Crippen molar-refractivity contribution in [3.63, 3.8) is 0 Å². The zero-order valence-electron chi connectivity index (χ0n) is 15.7. The molecule has 0 aliphatic rings. The monoisotopic (exact) mass is 410 g/mol. The Morgan fingerprint density at radius 1 is 1.14 bits per heavy atom. The lowest BCUT2D eigenvalue weighted by Crippen LogP contribution is -2.17. The lowest BCUT2D eigenvalue weighted by atomic mass is 10.1. The van der Waals surface area contributed by atoms with Crippen LogP contribution in [-0.2, 0) is 16.0 Å². The first-order valence-electron chi connectivity index (χ1n) is 8.90. The standard InChI is InChI=1S/C22H19ClN2O4/c1-28-22(27)18-13-16(8-10-19(18)23)20-11-9-17(29-20)14-24-25-21(26)12-7-15-5-3-2-4-6-15/h2-6,8-11,13-14H,7,12H2,1H3,(H,25,26)/b24-14-. The van der Waals surface area contributed by atoms with Gasteiger partial charge in [0.05, 0.1) is 23.9 Å². The summed E-state index contributed by atoms with van der Waals surface area (Å²) < 4.78 is 10.4. The number of methoxy groups -OCH3 is 1. The number of carbonyl (C=O) groups excluding carboxylic acids is 2. The van der Waals surface area contributed by atoms with Crippen molar-refractivity contribution in [2.75, 3.05) is 7.11 Å². The first-order valence-corrected chi connectivity index (χ1v) is 9.28. The van der Waals surface area contributed by atoms with Crippen LogP contribution in [-0.4, -0.2) is 25.2 Å². The van der Waals surface area contributed by atoms with Crippen LogP contribution in [0.2, 0.25) is 5.02 Å². The number of ether oxygens (including phenoxy) is 1. The van der Waals surface area contributed by atoms with Gasteiger partial charge >= 0.3 is 5.97 Å². The molecular weight excluding hydrogens is 392 g/mol. The van der Waals surface area contributed by atoms with Gasteiger partial charge in [-0.25, -0.2) is 10.2 Å². The second-order valence-corrected chi connectivity index (χ2v) is 6.57. The molecule has 7 heteroatoms. The minimum absolute atomic E-state index is 0.183. The van der Waals surface area contributed by atoms with E-state index >= 15 is 0 Å². The fraction of sp³-hybridized carbons (Fsp3) is 0.136. The molecule has 1 N–H and O–H groups in total. The summed E-state index contributed by atoms with van der Waals surface area (Å²) in [5.74, 6) is 0.280. The van der Waals surface area contributed by atoms with Crippen LogP contribution in [0.5, 0.6) is 0 Å². The lowest BCUT2D eigenvalue weighted by molar-refractivity contribution is -0.121. The maximum atomic E-state index is 11.9. The van der Waals surface area contributed by atoms with E-state index in [9.17, 15) is 9.59 Å². The van der Waals surface area contributed by atoms with E-state index in [0.717, 1.165) is 5.56 Å². The van der Waals surface area contributed by atoms with Crippen LogP contribution in [0.4, 0.5) is 0 Å². The number of hydrogen-bond donors (Lipinski definition) is 1. The molecule has 1 heterocycles. The van der Waals surface area contributed by atoms with Gasteiger partial charge in [-0.05, 0) is 42.3 Å². The van der Waals surface area contributed by atoms with Gasteiger partial charge in [-0.1, -0.05) is 41.9 Å². The number of nitrogens with one attached hydrogen (secondary N) is 1. The van der Waals surface area contributed by atoms with E-state index in [-0.39, 0.29) is 11.5 Å². The Bertz CT molecular complexity index is 1030. The number of aryl methyl sites for hydroxylation is 1. The predicted molar refractivity (Wildman–Crippen MR) is 111 cm³/mol. The first-order chi connectivity index (χ1) is 14.1. The summed E-state index contributed by atoms with van der Waals surface area (Å²) in [4.78, 5) is 23.7. The van der Waals surface area contributed by atoms with Gasteiger partial charge in [0.15, 0.2) is 0 Å². The van der Waals surface area contributed by atoms with E-state index in [1.54, 1.807) is 30.3 Å². The van der Waals surface area contributed by atoms with Gasteiger partial charge < -0.3 is 9.15 Å². The molecule has 0 unspecified atom stereocenters. The molecule has 6 nitrogen and oxygen atoms in total. The molecule has 0 aliphatic heterocycles. The van der Waals surface area contributed by atoms with Crippen molar-refractivity contribution in [2.24, 2.45) is 5.10 Å². The van der Waals surface area contributed by atoms with Crippen molar-refractivity contribution < 1.29 is 18.7 Å². The average molecular weight is 411 g/mol. The quantitative estimate of drug-likeness (QED) is 0.354. The molecule has 0 radical (unpaired) electrons. The zero-order valence-corrected chi connectivity index (χ0v) is 16.5. The van der Waals surface area contributed by atoms with Crippen LogP contribution in [0.3, 0.4) is 0 Å². The van der Waals surface area contributed by atoms with Crippen molar-refractivity contribution in [3.05, 3.63) is 82.6 Å². The van der Waals surface area contributed by atoms with Gasteiger partial charge in [-0.15, -0.1) is 0 Å². The van der Waals surface area contributed by atoms with Crippen molar-refractivity contribution in [3.8, 4) is 11.3 Å². The third-order valence-corrected chi connectivity index (χ3v) is 4.48. The Balaban J connectivity index is 1.59. The Kier molecular flexibility index (Phi) is 6.81. The van der Waals surface area contributed by atoms with Crippen LogP contribution in [0, 0.1) is 0 Å². The van der Waals surface area contributed by atoms with Crippen LogP contribution >= 0.6 is 11.6 Å². The Morgan fingerprint density at radius 2 is 1.93 bits per heavy atom. The molecule has 0 fully saturated rings. The smallest absolute Gasteiger partial charge is 0.339 e. The maximum absolute atomic E-state index is 11.9. The molecule has 1 amide bonds. The normalized spacial score (nSPS) is 10.8. The van der Waals surface area contributed by atoms with Crippen molar-refractivity contribution >= 4 is 29.7 Å². The van der Waals surface area contributed by atoms with Gasteiger partial charge in [0.2, 0.25) is 5.91 Å². The number of carbonyl (C=O) groups is 2. The number of hydrogen-bond acceptors (Lipinski definition) is 5. The summed E-state index contributed by atoms with van der Waals surface area (Å²) in [5.41, 5.74) is 4.50. The topological polar surface area (TPSA) is 80.9 Å². The van der Waals surface area contributed by atoms with Gasteiger partial charge in [0.1, 0.15) is 11.5 Å². The molecule has 0 saturated carbocycles. The molecule has 0 saturated heterocycles. The van der Waals surface area contributed by atoms with Crippen LogP contribution in [0.1, 0.15) is 28.1 Å². The molecule has 2 aromatic carbocycles. The molecular formula is C22H19ClN2O4. The second kappa shape index (κ2) is 9.71. The number of rotatable bonds is 7. The highest BCUT2D eigenvalue weighted by Gasteiger charge is 2.13. The second-order valence-electron chi connectivity index (χ2n) is 6.17. The van der Waals surface area contributed by atoms with E-state index in [1.165, 1.54) is 13.3 Å². The molecule has 29 heavy (non-hydrogen) atoms. The first kappa shape index (κ1) is 20.4. The Labute approximate surface area is 173 Å². The number of furan rings is 1. The minimum Gasteiger partial charge on any atom is -0.465 e. The van der Waals surface area contributed by atoms with E-state index in [1.807, 2.05) is 30.3 Å². The fourth-order valence-corrected chi connectivity index (χ4v) is 2.84. The molecule has 0 bridgehead atoms. The lowest BCUT2D eigenvalue weighted by Gasteiger charge is -2.04. The molecule has 148 valence electrons. The summed E-state index contributed by atoms with van der Waals surface area (Å²) in [6, 6.07) is 18.2. The predicted octanol–water partition coefficient (Wildman–Crippen LogP) is 4.47. The highest BCUT2D eigenvalue weighted by molar-refractivity contribution is 6.33. The molecule has 3 rings (SSSR count). The summed E-state index contributed by atoms with van der Waals surface area (Å²) in [7, 11) is 1.29. The summed E-state index contributed by atoms with van der Waals surface area (Å²) in [6.45, 7) is 0. The maximum Gasteiger partial charge on any atom is 0.339 e. The molecule has 3 aromatic rings. The van der Waals surface area contributed by atoms with Crippen molar-refractivity contribution in [1.29, 1.82) is 0 Å². The summed E-state index contributed by atoms with van der Waals surface area (Å²) in [6.07, 6.45) is 2.40. The Hall–Kier alpha value is -3.38. The van der Waals surface area contributed by atoms with Crippen LogP contribution in [0.15, 0.2) is 70.2 Å². The SMILES string of the molecule is COC(=O)c1cc(-c2ccc(/C=N\NC(=O)CCc3ccccc3)o2)ccc1Cl. The highest BCUT2D eigenvalue weighted by Crippen LogP contribution is 2.27. The number of nitrogens with zero attached hydrogens (tertiary/aromatic N) is 1. The number of halogens is 1. The molecule has 1 aromatic heterocycles. The Morgan fingerprint density at radius 3 is 2.69 bits per heavy atom. The van der Waals surface area contributed by atoms with Gasteiger partial charge in [0, 0.05) is 12.0 Å². The molecule has 0 atom stereocenters. The third kappa shape index (κ3) is 5.56. The van der Waals surface area contributed by atoms with E-state index < -0.39 is 5.97 Å². The van der Waals surface area contributed by atoms with Gasteiger partial charge in [-0.2, -0.15) is 5.10 Å². The number of benzene rings is 2. The molecule has 0 aliphatic carbocycles. The number of hydrazone groups is 1. The van der Waals surface area contributed by atoms with Crippen LogP contribution in [0.25, 0.3) is 11.3 Å². The average Bonchev–Trinajstić information content (AvgIpc) is 3.21. The van der Waals surface area contributed by atoms with E-state index in [2.05, 4.69) is 10.5 Å². The molecule has 0 spiro atoms.